The lowest BCUT2D eigenvalue weighted by molar-refractivity contribution is -0.138. The number of alkyl halides is 6. The van der Waals surface area contributed by atoms with Crippen molar-refractivity contribution in [1.29, 1.82) is 5.26 Å². The summed E-state index contributed by atoms with van der Waals surface area (Å²) in [6.07, 6.45) is -9.32. The van der Waals surface area contributed by atoms with Crippen LogP contribution in [0, 0.1) is 18.3 Å². The Hall–Kier alpha value is -3.18. The molecule has 3 aromatic rings. The largest absolute Gasteiger partial charge is 0.418 e. The van der Waals surface area contributed by atoms with Crippen LogP contribution in [-0.4, -0.2) is 4.98 Å². The second-order valence-electron chi connectivity index (χ2n) is 6.99. The Morgan fingerprint density at radius 3 is 2.26 bits per heavy atom. The van der Waals surface area contributed by atoms with Gasteiger partial charge in [-0.25, -0.2) is 4.98 Å². The van der Waals surface area contributed by atoms with Gasteiger partial charge in [-0.2, -0.15) is 31.6 Å². The number of azo groups is 1. The standard InChI is InChI=1S/C21H12Br2F6N6/c1-9-13(8-30)19(32-12-4-2-3-10(5-12)20(24,25)26)33-18(31)16(9)34-35-17-14(21(27,28)29)6-11(22)7-15(17)23/h2-7H,1H3,(H3,31,32,33)/b35-34+. The summed E-state index contributed by atoms with van der Waals surface area (Å²) in [6, 6.07) is 8.23. The maximum Gasteiger partial charge on any atom is 0.418 e. The van der Waals surface area contributed by atoms with E-state index in [0.717, 1.165) is 18.2 Å². The van der Waals surface area contributed by atoms with Crippen molar-refractivity contribution >= 4 is 60.6 Å². The molecule has 0 saturated carbocycles. The first kappa shape index (κ1) is 26.4. The molecule has 0 aliphatic rings. The van der Waals surface area contributed by atoms with Crippen molar-refractivity contribution in [3.8, 4) is 6.07 Å². The molecule has 0 radical (unpaired) electrons. The number of rotatable bonds is 4. The summed E-state index contributed by atoms with van der Waals surface area (Å²) in [5, 5.41) is 19.7. The summed E-state index contributed by atoms with van der Waals surface area (Å²) in [4.78, 5) is 3.98. The third-order valence-corrected chi connectivity index (χ3v) is 5.65. The number of nitrogens with two attached hydrogens (primary N) is 1. The fourth-order valence-corrected chi connectivity index (χ4v) is 4.27. The number of anilines is 3. The van der Waals surface area contributed by atoms with Crippen LogP contribution in [0.4, 0.5) is 55.0 Å². The van der Waals surface area contributed by atoms with E-state index in [-0.39, 0.29) is 43.1 Å². The molecule has 6 nitrogen and oxygen atoms in total. The van der Waals surface area contributed by atoms with Gasteiger partial charge in [0.25, 0.3) is 0 Å². The summed E-state index contributed by atoms with van der Waals surface area (Å²) < 4.78 is 79.6. The number of aromatic nitrogens is 1. The molecule has 1 aromatic heterocycles. The van der Waals surface area contributed by atoms with E-state index in [2.05, 4.69) is 52.4 Å². The van der Waals surface area contributed by atoms with Gasteiger partial charge in [0, 0.05) is 20.2 Å². The van der Waals surface area contributed by atoms with Gasteiger partial charge in [0.2, 0.25) is 0 Å². The van der Waals surface area contributed by atoms with Crippen molar-refractivity contribution in [3.05, 3.63) is 67.6 Å². The number of nitrogens with one attached hydrogen (secondary N) is 1. The van der Waals surface area contributed by atoms with Crippen molar-refractivity contribution in [3.63, 3.8) is 0 Å². The van der Waals surface area contributed by atoms with Gasteiger partial charge in [-0.3, -0.25) is 0 Å². The first-order valence-electron chi connectivity index (χ1n) is 9.34. The minimum absolute atomic E-state index is 0.00419. The van der Waals surface area contributed by atoms with Crippen LogP contribution in [0.3, 0.4) is 0 Å². The Bertz CT molecular complexity index is 1360. The maximum atomic E-state index is 13.5. The number of hydrogen-bond donors (Lipinski definition) is 2. The molecule has 0 fully saturated rings. The van der Waals surface area contributed by atoms with E-state index < -0.39 is 29.2 Å². The Morgan fingerprint density at radius 1 is 1.00 bits per heavy atom. The van der Waals surface area contributed by atoms with Crippen molar-refractivity contribution in [1.82, 2.24) is 4.98 Å². The lowest BCUT2D eigenvalue weighted by Crippen LogP contribution is -2.07. The highest BCUT2D eigenvalue weighted by molar-refractivity contribution is 9.11. The van der Waals surface area contributed by atoms with Crippen molar-refractivity contribution in [2.24, 2.45) is 10.2 Å². The third kappa shape index (κ3) is 5.91. The minimum atomic E-state index is -4.74. The van der Waals surface area contributed by atoms with Gasteiger partial charge in [-0.05, 0) is 53.2 Å². The first-order valence-corrected chi connectivity index (χ1v) is 10.9. The summed E-state index contributed by atoms with van der Waals surface area (Å²) >= 11 is 6.01. The van der Waals surface area contributed by atoms with E-state index in [0.29, 0.717) is 0 Å². The van der Waals surface area contributed by atoms with Gasteiger partial charge in [0.1, 0.15) is 17.4 Å². The molecule has 0 unspecified atom stereocenters. The van der Waals surface area contributed by atoms with Crippen LogP contribution >= 0.6 is 31.9 Å². The highest BCUT2D eigenvalue weighted by atomic mass is 79.9. The minimum Gasteiger partial charge on any atom is -0.382 e. The van der Waals surface area contributed by atoms with Crippen LogP contribution in [0.2, 0.25) is 0 Å². The Morgan fingerprint density at radius 2 is 1.66 bits per heavy atom. The molecule has 3 rings (SSSR count). The lowest BCUT2D eigenvalue weighted by atomic mass is 10.1. The van der Waals surface area contributed by atoms with Gasteiger partial charge >= 0.3 is 12.4 Å². The van der Waals surface area contributed by atoms with E-state index in [4.69, 9.17) is 5.73 Å². The maximum absolute atomic E-state index is 13.5. The predicted octanol–water partition coefficient (Wildman–Crippen LogP) is 8.57. The van der Waals surface area contributed by atoms with Gasteiger partial charge in [0.15, 0.2) is 11.6 Å². The molecule has 0 bridgehead atoms. The van der Waals surface area contributed by atoms with Crippen LogP contribution < -0.4 is 11.1 Å². The van der Waals surface area contributed by atoms with Crippen LogP contribution in [0.25, 0.3) is 0 Å². The van der Waals surface area contributed by atoms with E-state index in [1.165, 1.54) is 25.1 Å². The SMILES string of the molecule is Cc1c(C#N)c(Nc2cccc(C(F)(F)F)c2)nc(N)c1/N=N/c1c(Br)cc(Br)cc1C(F)(F)F. The number of halogens is 8. The van der Waals surface area contributed by atoms with Crippen molar-refractivity contribution in [2.45, 2.75) is 19.3 Å². The van der Waals surface area contributed by atoms with E-state index in [1.54, 1.807) is 0 Å². The fourth-order valence-electron chi connectivity index (χ4n) is 2.96. The molecule has 0 aliphatic heterocycles. The highest BCUT2D eigenvalue weighted by Crippen LogP contribution is 2.44. The molecular formula is C21H12Br2F6N6. The summed E-state index contributed by atoms with van der Waals surface area (Å²) in [6.45, 7) is 1.41. The first-order chi connectivity index (χ1) is 16.2. The van der Waals surface area contributed by atoms with Crippen molar-refractivity contribution < 1.29 is 26.3 Å². The second-order valence-corrected chi connectivity index (χ2v) is 8.76. The smallest absolute Gasteiger partial charge is 0.382 e. The van der Waals surface area contributed by atoms with Gasteiger partial charge in [0.05, 0.1) is 16.7 Å². The van der Waals surface area contributed by atoms with Gasteiger partial charge < -0.3 is 11.1 Å². The number of benzene rings is 2. The predicted molar refractivity (Wildman–Crippen MR) is 124 cm³/mol. The molecule has 182 valence electrons. The molecule has 2 aromatic carbocycles. The Kier molecular flexibility index (Phi) is 7.42. The zero-order valence-corrected chi connectivity index (χ0v) is 20.5. The fraction of sp³-hybridized carbons (Fsp3) is 0.143. The highest BCUT2D eigenvalue weighted by Gasteiger charge is 2.35. The summed E-state index contributed by atoms with van der Waals surface area (Å²) in [5.74, 6) is -0.455. The molecule has 14 heteroatoms. The topological polar surface area (TPSA) is 99.5 Å². The van der Waals surface area contributed by atoms with Crippen LogP contribution in [0.5, 0.6) is 0 Å². The number of nitrogen functional groups attached to an aromatic ring is 1. The molecule has 3 N–H and O–H groups in total. The van der Waals surface area contributed by atoms with E-state index in [9.17, 15) is 31.6 Å². The molecule has 0 atom stereocenters. The van der Waals surface area contributed by atoms with Gasteiger partial charge in [-0.1, -0.05) is 22.0 Å². The summed E-state index contributed by atoms with van der Waals surface area (Å²) in [5.41, 5.74) is 3.20. The normalized spacial score (nSPS) is 12.1. The molecular weight excluding hydrogens is 610 g/mol. The van der Waals surface area contributed by atoms with Crippen LogP contribution in [-0.2, 0) is 12.4 Å². The Labute approximate surface area is 211 Å². The van der Waals surface area contributed by atoms with Gasteiger partial charge in [-0.15, -0.1) is 10.2 Å². The summed E-state index contributed by atoms with van der Waals surface area (Å²) in [7, 11) is 0. The van der Waals surface area contributed by atoms with E-state index >= 15 is 0 Å². The average Bonchev–Trinajstić information content (AvgIpc) is 2.73. The monoisotopic (exact) mass is 620 g/mol. The molecule has 35 heavy (non-hydrogen) atoms. The average molecular weight is 622 g/mol. The lowest BCUT2D eigenvalue weighted by Gasteiger charge is -2.14. The zero-order valence-electron chi connectivity index (χ0n) is 17.4. The number of pyridine rings is 1. The van der Waals surface area contributed by atoms with Crippen LogP contribution in [0.1, 0.15) is 22.3 Å². The quantitative estimate of drug-likeness (QED) is 0.225. The Balaban J connectivity index is 2.06. The molecule has 1 heterocycles. The van der Waals surface area contributed by atoms with E-state index in [1.807, 2.05) is 6.07 Å². The third-order valence-electron chi connectivity index (χ3n) is 4.59. The van der Waals surface area contributed by atoms with Crippen LogP contribution in [0.15, 0.2) is 55.6 Å². The number of nitriles is 1. The number of hydrogen-bond acceptors (Lipinski definition) is 6. The zero-order chi connectivity index (χ0) is 26.1. The molecule has 0 amide bonds. The molecule has 0 aliphatic carbocycles. The molecule has 0 spiro atoms. The number of nitrogens with zero attached hydrogens (tertiary/aromatic N) is 4. The second kappa shape index (κ2) is 9.82. The van der Waals surface area contributed by atoms with Crippen molar-refractivity contribution in [2.75, 3.05) is 11.1 Å². The molecule has 0 saturated heterocycles.